The van der Waals surface area contributed by atoms with E-state index >= 15 is 0 Å². The molecule has 0 spiro atoms. The molecule has 1 aromatic heterocycles. The molecule has 1 atom stereocenters. The Morgan fingerprint density at radius 1 is 1.36 bits per heavy atom. The van der Waals surface area contributed by atoms with Gasteiger partial charge in [0.2, 0.25) is 0 Å². The monoisotopic (exact) mass is 387 g/mol. The van der Waals surface area contributed by atoms with E-state index in [2.05, 4.69) is 4.98 Å². The van der Waals surface area contributed by atoms with Crippen LogP contribution < -0.4 is 4.74 Å². The SMILES string of the molecule is CCOC(=O)[C@@H](C)Oc1cc(Cl)nc(SCc2cccc(F)c2F)c1. The Labute approximate surface area is 153 Å². The van der Waals surface area contributed by atoms with Crippen molar-refractivity contribution in [3.05, 3.63) is 52.7 Å². The largest absolute Gasteiger partial charge is 0.479 e. The standard InChI is InChI=1S/C17H16ClF2NO3S/c1-3-23-17(22)10(2)24-12-7-14(18)21-15(8-12)25-9-11-5-4-6-13(19)16(11)20/h4-8,10H,3,9H2,1-2H3/t10-/m1/s1. The second kappa shape index (κ2) is 9.01. The van der Waals surface area contributed by atoms with E-state index < -0.39 is 23.7 Å². The number of hydrogen-bond acceptors (Lipinski definition) is 5. The Hall–Kier alpha value is -1.86. The van der Waals surface area contributed by atoms with Crippen molar-refractivity contribution in [3.63, 3.8) is 0 Å². The third kappa shape index (κ3) is 5.57. The van der Waals surface area contributed by atoms with Gasteiger partial charge in [0.1, 0.15) is 15.9 Å². The Bertz CT molecular complexity index is 761. The van der Waals surface area contributed by atoms with Crippen LogP contribution in [0.4, 0.5) is 8.78 Å². The lowest BCUT2D eigenvalue weighted by atomic mass is 10.2. The van der Waals surface area contributed by atoms with Crippen LogP contribution in [-0.4, -0.2) is 23.7 Å². The molecule has 2 rings (SSSR count). The number of rotatable bonds is 7. The maximum absolute atomic E-state index is 13.7. The molecular formula is C17H16ClF2NO3S. The molecule has 0 N–H and O–H groups in total. The highest BCUT2D eigenvalue weighted by molar-refractivity contribution is 7.98. The lowest BCUT2D eigenvalue weighted by molar-refractivity contribution is -0.150. The molecule has 134 valence electrons. The van der Waals surface area contributed by atoms with Crippen molar-refractivity contribution in [2.75, 3.05) is 6.61 Å². The molecule has 1 heterocycles. The fraction of sp³-hybridized carbons (Fsp3) is 0.294. The number of thioether (sulfide) groups is 1. The number of ether oxygens (including phenoxy) is 2. The Kier molecular flexibility index (Phi) is 7.01. The topological polar surface area (TPSA) is 48.4 Å². The van der Waals surface area contributed by atoms with Crippen LogP contribution in [0.1, 0.15) is 19.4 Å². The molecule has 0 amide bonds. The number of aromatic nitrogens is 1. The first-order valence-electron chi connectivity index (χ1n) is 7.47. The van der Waals surface area contributed by atoms with Crippen LogP contribution in [0.5, 0.6) is 5.75 Å². The summed E-state index contributed by atoms with van der Waals surface area (Å²) >= 11 is 7.13. The summed E-state index contributed by atoms with van der Waals surface area (Å²) < 4.78 is 37.3. The van der Waals surface area contributed by atoms with E-state index in [1.807, 2.05) is 0 Å². The average molecular weight is 388 g/mol. The van der Waals surface area contributed by atoms with Gasteiger partial charge in [0.25, 0.3) is 0 Å². The second-order valence-electron chi connectivity index (χ2n) is 4.98. The highest BCUT2D eigenvalue weighted by Crippen LogP contribution is 2.28. The smallest absolute Gasteiger partial charge is 0.347 e. The first-order chi connectivity index (χ1) is 11.9. The normalized spacial score (nSPS) is 11.9. The van der Waals surface area contributed by atoms with Gasteiger partial charge in [-0.1, -0.05) is 23.7 Å². The molecular weight excluding hydrogens is 372 g/mol. The van der Waals surface area contributed by atoms with Crippen molar-refractivity contribution in [2.45, 2.75) is 30.7 Å². The predicted molar refractivity (Wildman–Crippen MR) is 91.9 cm³/mol. The molecule has 0 saturated carbocycles. The van der Waals surface area contributed by atoms with Gasteiger partial charge in [0, 0.05) is 23.4 Å². The van der Waals surface area contributed by atoms with Crippen molar-refractivity contribution in [3.8, 4) is 5.75 Å². The number of hydrogen-bond donors (Lipinski definition) is 0. The summed E-state index contributed by atoms with van der Waals surface area (Å²) in [6.07, 6.45) is -0.808. The minimum absolute atomic E-state index is 0.163. The summed E-state index contributed by atoms with van der Waals surface area (Å²) in [6.45, 7) is 3.51. The van der Waals surface area contributed by atoms with Gasteiger partial charge in [-0.2, -0.15) is 0 Å². The molecule has 1 aromatic carbocycles. The molecule has 0 saturated heterocycles. The summed E-state index contributed by atoms with van der Waals surface area (Å²) in [5, 5.41) is 0.623. The number of esters is 1. The van der Waals surface area contributed by atoms with Gasteiger partial charge in [0.05, 0.1) is 6.61 Å². The van der Waals surface area contributed by atoms with Crippen LogP contribution in [0.25, 0.3) is 0 Å². The van der Waals surface area contributed by atoms with Gasteiger partial charge in [-0.25, -0.2) is 18.6 Å². The van der Waals surface area contributed by atoms with Crippen molar-refractivity contribution in [1.29, 1.82) is 0 Å². The maximum Gasteiger partial charge on any atom is 0.347 e. The van der Waals surface area contributed by atoms with Crippen molar-refractivity contribution >= 4 is 29.3 Å². The van der Waals surface area contributed by atoms with Crippen LogP contribution in [0, 0.1) is 11.6 Å². The molecule has 0 unspecified atom stereocenters. The average Bonchev–Trinajstić information content (AvgIpc) is 2.56. The van der Waals surface area contributed by atoms with Crippen LogP contribution in [0.2, 0.25) is 5.15 Å². The molecule has 0 aliphatic heterocycles. The minimum atomic E-state index is -0.899. The summed E-state index contributed by atoms with van der Waals surface area (Å²) in [5.41, 5.74) is 0.217. The zero-order valence-electron chi connectivity index (χ0n) is 13.6. The van der Waals surface area contributed by atoms with Crippen LogP contribution in [0.15, 0.2) is 35.4 Å². The summed E-state index contributed by atoms with van der Waals surface area (Å²) in [7, 11) is 0. The molecule has 0 aliphatic rings. The van der Waals surface area contributed by atoms with Crippen LogP contribution >= 0.6 is 23.4 Å². The van der Waals surface area contributed by atoms with E-state index in [0.29, 0.717) is 10.8 Å². The maximum atomic E-state index is 13.7. The van der Waals surface area contributed by atoms with Gasteiger partial charge in [0.15, 0.2) is 17.7 Å². The summed E-state index contributed by atoms with van der Waals surface area (Å²) in [6, 6.07) is 7.03. The van der Waals surface area contributed by atoms with Gasteiger partial charge in [-0.3, -0.25) is 0 Å². The second-order valence-corrected chi connectivity index (χ2v) is 6.36. The van der Waals surface area contributed by atoms with Crippen molar-refractivity contribution in [1.82, 2.24) is 4.98 Å². The number of halogens is 3. The van der Waals surface area contributed by atoms with Crippen LogP contribution in [0.3, 0.4) is 0 Å². The molecule has 25 heavy (non-hydrogen) atoms. The van der Waals surface area contributed by atoms with E-state index in [4.69, 9.17) is 21.1 Å². The Morgan fingerprint density at radius 3 is 2.84 bits per heavy atom. The third-order valence-electron chi connectivity index (χ3n) is 3.08. The fourth-order valence-corrected chi connectivity index (χ4v) is 3.05. The lowest BCUT2D eigenvalue weighted by Crippen LogP contribution is -2.26. The quantitative estimate of drug-likeness (QED) is 0.393. The first kappa shape index (κ1) is 19.5. The van der Waals surface area contributed by atoms with E-state index in [0.717, 1.165) is 6.07 Å². The highest BCUT2D eigenvalue weighted by atomic mass is 35.5. The fourth-order valence-electron chi connectivity index (χ4n) is 1.92. The lowest BCUT2D eigenvalue weighted by Gasteiger charge is -2.14. The number of pyridine rings is 1. The molecule has 0 aliphatic carbocycles. The van der Waals surface area contributed by atoms with E-state index in [1.54, 1.807) is 19.9 Å². The number of carbonyl (C=O) groups is 1. The number of carbonyl (C=O) groups excluding carboxylic acids is 1. The van der Waals surface area contributed by atoms with E-state index in [-0.39, 0.29) is 23.1 Å². The summed E-state index contributed by atoms with van der Waals surface area (Å²) in [4.78, 5) is 15.7. The van der Waals surface area contributed by atoms with E-state index in [1.165, 1.54) is 30.0 Å². The number of nitrogens with zero attached hydrogens (tertiary/aromatic N) is 1. The predicted octanol–water partition coefficient (Wildman–Crippen LogP) is 4.64. The van der Waals surface area contributed by atoms with Crippen molar-refractivity contribution < 1.29 is 23.0 Å². The molecule has 2 aromatic rings. The van der Waals surface area contributed by atoms with Gasteiger partial charge >= 0.3 is 5.97 Å². The molecule has 0 radical (unpaired) electrons. The van der Waals surface area contributed by atoms with Crippen LogP contribution in [-0.2, 0) is 15.3 Å². The zero-order valence-corrected chi connectivity index (χ0v) is 15.2. The molecule has 0 bridgehead atoms. The van der Waals surface area contributed by atoms with E-state index in [9.17, 15) is 13.6 Å². The zero-order chi connectivity index (χ0) is 18.4. The minimum Gasteiger partial charge on any atom is -0.479 e. The molecule has 4 nitrogen and oxygen atoms in total. The first-order valence-corrected chi connectivity index (χ1v) is 8.83. The number of benzene rings is 1. The van der Waals surface area contributed by atoms with Gasteiger partial charge in [-0.05, 0) is 19.9 Å². The highest BCUT2D eigenvalue weighted by Gasteiger charge is 2.17. The third-order valence-corrected chi connectivity index (χ3v) is 4.24. The Morgan fingerprint density at radius 2 is 2.12 bits per heavy atom. The summed E-state index contributed by atoms with van der Waals surface area (Å²) in [5.74, 6) is -1.77. The Balaban J connectivity index is 2.08. The molecule has 0 fully saturated rings. The van der Waals surface area contributed by atoms with Gasteiger partial charge < -0.3 is 9.47 Å². The molecule has 8 heteroatoms. The van der Waals surface area contributed by atoms with Gasteiger partial charge in [-0.15, -0.1) is 11.8 Å². The van der Waals surface area contributed by atoms with Crippen molar-refractivity contribution in [2.24, 2.45) is 0 Å².